The number of hydrogen-bond donors (Lipinski definition) is 1. The third-order valence-corrected chi connectivity index (χ3v) is 5.11. The summed E-state index contributed by atoms with van der Waals surface area (Å²) in [4.78, 5) is 2.57. The lowest BCUT2D eigenvalue weighted by atomic mass is 9.81. The summed E-state index contributed by atoms with van der Waals surface area (Å²) in [6.45, 7) is 5.29. The molecule has 2 atom stereocenters. The van der Waals surface area contributed by atoms with Crippen molar-refractivity contribution in [3.05, 3.63) is 29.3 Å². The van der Waals surface area contributed by atoms with Gasteiger partial charge in [0.05, 0.1) is 11.3 Å². The lowest BCUT2D eigenvalue weighted by molar-refractivity contribution is 0.247. The van der Waals surface area contributed by atoms with Gasteiger partial charge in [0.25, 0.3) is 0 Å². The summed E-state index contributed by atoms with van der Waals surface area (Å²) in [5.74, 6) is 0. The second-order valence-electron chi connectivity index (χ2n) is 6.45. The molecule has 2 saturated heterocycles. The molecule has 2 aliphatic heterocycles. The van der Waals surface area contributed by atoms with E-state index in [9.17, 15) is 5.26 Å². The van der Waals surface area contributed by atoms with Gasteiger partial charge in [-0.3, -0.25) is 0 Å². The van der Waals surface area contributed by atoms with E-state index in [1.807, 2.05) is 13.0 Å². The minimum atomic E-state index is 0.593. The normalized spacial score (nSPS) is 28.2. The van der Waals surface area contributed by atoms with Gasteiger partial charge in [-0.2, -0.15) is 5.26 Å². The highest BCUT2D eigenvalue weighted by molar-refractivity contribution is 5.64. The van der Waals surface area contributed by atoms with Gasteiger partial charge in [-0.25, -0.2) is 0 Å². The third-order valence-electron chi connectivity index (χ3n) is 5.11. The fourth-order valence-corrected chi connectivity index (χ4v) is 4.24. The molecular formula is C18H25N3. The van der Waals surface area contributed by atoms with Crippen LogP contribution in [0.15, 0.2) is 18.2 Å². The summed E-state index contributed by atoms with van der Waals surface area (Å²) in [7, 11) is 0. The lowest BCUT2D eigenvalue weighted by Gasteiger charge is -2.50. The van der Waals surface area contributed by atoms with Crippen molar-refractivity contribution in [2.45, 2.75) is 64.1 Å². The van der Waals surface area contributed by atoms with Crippen molar-refractivity contribution in [1.29, 1.82) is 5.26 Å². The second-order valence-corrected chi connectivity index (χ2v) is 6.45. The maximum absolute atomic E-state index is 9.54. The Morgan fingerprint density at radius 1 is 1.29 bits per heavy atom. The maximum atomic E-state index is 9.54. The number of rotatable bonds is 3. The Balaban J connectivity index is 1.93. The molecule has 0 spiro atoms. The Labute approximate surface area is 128 Å². The molecule has 2 unspecified atom stereocenters. The van der Waals surface area contributed by atoms with Crippen molar-refractivity contribution in [2.75, 3.05) is 11.4 Å². The zero-order chi connectivity index (χ0) is 14.8. The van der Waals surface area contributed by atoms with Crippen molar-refractivity contribution in [3.63, 3.8) is 0 Å². The van der Waals surface area contributed by atoms with Gasteiger partial charge < -0.3 is 10.2 Å². The van der Waals surface area contributed by atoms with Gasteiger partial charge in [0.1, 0.15) is 6.07 Å². The maximum Gasteiger partial charge on any atom is 0.102 e. The quantitative estimate of drug-likeness (QED) is 0.924. The first-order chi connectivity index (χ1) is 10.2. The van der Waals surface area contributed by atoms with E-state index in [0.717, 1.165) is 17.7 Å². The zero-order valence-corrected chi connectivity index (χ0v) is 13.1. The van der Waals surface area contributed by atoms with E-state index < -0.39 is 0 Å². The van der Waals surface area contributed by atoms with Crippen LogP contribution in [-0.2, 0) is 0 Å². The highest BCUT2D eigenvalue weighted by Gasteiger charge is 2.38. The smallest absolute Gasteiger partial charge is 0.102 e. The second kappa shape index (κ2) is 6.07. The molecule has 112 valence electrons. The van der Waals surface area contributed by atoms with Crippen molar-refractivity contribution >= 4 is 5.69 Å². The molecular weight excluding hydrogens is 258 g/mol. The highest BCUT2D eigenvalue weighted by Crippen LogP contribution is 2.39. The van der Waals surface area contributed by atoms with Gasteiger partial charge in [0.15, 0.2) is 0 Å². The Kier molecular flexibility index (Phi) is 4.17. The Bertz CT molecular complexity index is 532. The van der Waals surface area contributed by atoms with E-state index in [-0.39, 0.29) is 0 Å². The predicted octanol–water partition coefficient (Wildman–Crippen LogP) is 3.37. The standard InChI is InChI=1S/C18H25N3/c1-3-20-14-10-15-7-5-8-16(11-14)21(15)18-9-4-6-13(2)17(18)12-19/h4,6,9,14-16,20H,3,5,7-8,10-11H2,1-2H3. The minimum Gasteiger partial charge on any atom is -0.364 e. The number of nitriles is 1. The Hall–Kier alpha value is -1.53. The molecule has 2 bridgehead atoms. The zero-order valence-electron chi connectivity index (χ0n) is 13.1. The topological polar surface area (TPSA) is 39.1 Å². The highest BCUT2D eigenvalue weighted by atomic mass is 15.2. The number of anilines is 1. The summed E-state index contributed by atoms with van der Waals surface area (Å²) in [6, 6.07) is 10.5. The van der Waals surface area contributed by atoms with Gasteiger partial charge in [-0.1, -0.05) is 19.1 Å². The number of benzene rings is 1. The number of nitrogens with one attached hydrogen (secondary N) is 1. The Morgan fingerprint density at radius 2 is 2.00 bits per heavy atom. The first-order valence-corrected chi connectivity index (χ1v) is 8.26. The van der Waals surface area contributed by atoms with Crippen LogP contribution in [0.25, 0.3) is 0 Å². The van der Waals surface area contributed by atoms with Gasteiger partial charge >= 0.3 is 0 Å². The molecule has 1 aromatic carbocycles. The Morgan fingerprint density at radius 3 is 2.62 bits per heavy atom. The molecule has 0 radical (unpaired) electrons. The number of nitrogens with zero attached hydrogens (tertiary/aromatic N) is 2. The van der Waals surface area contributed by atoms with Gasteiger partial charge in [0, 0.05) is 18.1 Å². The van der Waals surface area contributed by atoms with Crippen LogP contribution in [0.5, 0.6) is 0 Å². The van der Waals surface area contributed by atoms with Crippen molar-refractivity contribution in [1.82, 2.24) is 5.32 Å². The van der Waals surface area contributed by atoms with Crippen LogP contribution in [0.1, 0.15) is 50.2 Å². The molecule has 0 aliphatic carbocycles. The van der Waals surface area contributed by atoms with Crippen LogP contribution in [0.3, 0.4) is 0 Å². The van der Waals surface area contributed by atoms with E-state index in [1.54, 1.807) is 0 Å². The molecule has 3 nitrogen and oxygen atoms in total. The van der Waals surface area contributed by atoms with Crippen LogP contribution in [-0.4, -0.2) is 24.7 Å². The first kappa shape index (κ1) is 14.4. The van der Waals surface area contributed by atoms with Gasteiger partial charge in [-0.05, 0) is 57.2 Å². The molecule has 3 heteroatoms. The van der Waals surface area contributed by atoms with E-state index in [4.69, 9.17) is 0 Å². The molecule has 0 aromatic heterocycles. The number of piperidine rings is 2. The molecule has 2 heterocycles. The van der Waals surface area contributed by atoms with E-state index in [2.05, 4.69) is 35.3 Å². The molecule has 1 aromatic rings. The fraction of sp³-hybridized carbons (Fsp3) is 0.611. The average Bonchev–Trinajstić information content (AvgIpc) is 2.46. The van der Waals surface area contributed by atoms with Gasteiger partial charge in [0.2, 0.25) is 0 Å². The molecule has 0 saturated carbocycles. The van der Waals surface area contributed by atoms with E-state index in [0.29, 0.717) is 18.1 Å². The average molecular weight is 283 g/mol. The van der Waals surface area contributed by atoms with Crippen LogP contribution >= 0.6 is 0 Å². The molecule has 0 amide bonds. The largest absolute Gasteiger partial charge is 0.364 e. The summed E-state index contributed by atoms with van der Waals surface area (Å²) in [5.41, 5.74) is 3.14. The van der Waals surface area contributed by atoms with Gasteiger partial charge in [-0.15, -0.1) is 0 Å². The minimum absolute atomic E-state index is 0.593. The SMILES string of the molecule is CCNC1CC2CCCC(C1)N2c1cccc(C)c1C#N. The first-order valence-electron chi connectivity index (χ1n) is 8.26. The molecule has 21 heavy (non-hydrogen) atoms. The third kappa shape index (κ3) is 2.65. The van der Waals surface area contributed by atoms with Crippen LogP contribution < -0.4 is 10.2 Å². The summed E-state index contributed by atoms with van der Waals surface area (Å²) in [6.07, 6.45) is 6.28. The summed E-state index contributed by atoms with van der Waals surface area (Å²) in [5, 5.41) is 13.2. The van der Waals surface area contributed by atoms with Crippen LogP contribution in [0.2, 0.25) is 0 Å². The number of fused-ring (bicyclic) bond motifs is 2. The van der Waals surface area contributed by atoms with Crippen LogP contribution in [0.4, 0.5) is 5.69 Å². The fourth-order valence-electron chi connectivity index (χ4n) is 4.24. The molecule has 1 N–H and O–H groups in total. The van der Waals surface area contributed by atoms with Crippen molar-refractivity contribution in [3.8, 4) is 6.07 Å². The lowest BCUT2D eigenvalue weighted by Crippen LogP contribution is -2.56. The predicted molar refractivity (Wildman–Crippen MR) is 86.5 cm³/mol. The summed E-state index contributed by atoms with van der Waals surface area (Å²) >= 11 is 0. The van der Waals surface area contributed by atoms with E-state index in [1.165, 1.54) is 37.8 Å². The number of hydrogen-bond acceptors (Lipinski definition) is 3. The summed E-state index contributed by atoms with van der Waals surface area (Å²) < 4.78 is 0. The number of aryl methyl sites for hydroxylation is 1. The monoisotopic (exact) mass is 283 g/mol. The molecule has 2 fully saturated rings. The molecule has 2 aliphatic rings. The van der Waals surface area contributed by atoms with E-state index >= 15 is 0 Å². The van der Waals surface area contributed by atoms with Crippen molar-refractivity contribution < 1.29 is 0 Å². The molecule has 3 rings (SSSR count). The van der Waals surface area contributed by atoms with Crippen molar-refractivity contribution in [2.24, 2.45) is 0 Å². The van der Waals surface area contributed by atoms with Crippen LogP contribution in [0, 0.1) is 18.3 Å².